The van der Waals surface area contributed by atoms with Gasteiger partial charge in [0.25, 0.3) is 0 Å². The van der Waals surface area contributed by atoms with Gasteiger partial charge in [-0.25, -0.2) is 4.79 Å². The zero-order chi connectivity index (χ0) is 10.7. The molecule has 0 spiro atoms. The maximum absolute atomic E-state index is 11.0. The van der Waals surface area contributed by atoms with E-state index in [0.29, 0.717) is 5.92 Å². The van der Waals surface area contributed by atoms with Gasteiger partial charge in [-0.2, -0.15) is 0 Å². The molecule has 1 rings (SSSR count). The van der Waals surface area contributed by atoms with Crippen molar-refractivity contribution in [2.45, 2.75) is 26.8 Å². The highest BCUT2D eigenvalue weighted by atomic mass is 16.2. The summed E-state index contributed by atoms with van der Waals surface area (Å²) in [4.78, 5) is 15.2. The molecule has 4 nitrogen and oxygen atoms in total. The Morgan fingerprint density at radius 3 is 2.57 bits per heavy atom. The lowest BCUT2D eigenvalue weighted by atomic mass is 10.1. The number of hydrogen-bond donors (Lipinski definition) is 1. The summed E-state index contributed by atoms with van der Waals surface area (Å²) < 4.78 is 0. The molecule has 1 aliphatic rings. The van der Waals surface area contributed by atoms with Crippen molar-refractivity contribution in [3.05, 3.63) is 0 Å². The van der Waals surface area contributed by atoms with E-state index in [-0.39, 0.29) is 12.1 Å². The number of nitrogens with two attached hydrogens (primary N) is 1. The molecule has 1 atom stereocenters. The number of primary amides is 1. The van der Waals surface area contributed by atoms with Crippen LogP contribution in [0, 0.1) is 5.92 Å². The predicted octanol–water partition coefficient (Wildman–Crippen LogP) is 0.727. The first-order valence-corrected chi connectivity index (χ1v) is 5.29. The van der Waals surface area contributed by atoms with Crippen LogP contribution in [0.15, 0.2) is 0 Å². The van der Waals surface area contributed by atoms with Gasteiger partial charge in [-0.05, 0) is 12.8 Å². The molecule has 1 saturated heterocycles. The van der Waals surface area contributed by atoms with E-state index in [1.165, 1.54) is 0 Å². The van der Waals surface area contributed by atoms with Crippen molar-refractivity contribution in [2.24, 2.45) is 11.7 Å². The first-order valence-electron chi connectivity index (χ1n) is 5.29. The van der Waals surface area contributed by atoms with Gasteiger partial charge < -0.3 is 10.6 Å². The Labute approximate surface area is 86.0 Å². The van der Waals surface area contributed by atoms with E-state index in [0.717, 1.165) is 26.2 Å². The Balaban J connectivity index is 2.42. The summed E-state index contributed by atoms with van der Waals surface area (Å²) in [6, 6.07) is -0.0401. The van der Waals surface area contributed by atoms with Gasteiger partial charge in [-0.15, -0.1) is 0 Å². The zero-order valence-electron chi connectivity index (χ0n) is 9.36. The van der Waals surface area contributed by atoms with Crippen LogP contribution in [0.5, 0.6) is 0 Å². The van der Waals surface area contributed by atoms with Crippen molar-refractivity contribution in [3.63, 3.8) is 0 Å². The van der Waals surface area contributed by atoms with E-state index in [9.17, 15) is 4.79 Å². The Morgan fingerprint density at radius 1 is 1.50 bits per heavy atom. The lowest BCUT2D eigenvalue weighted by Gasteiger charge is -2.39. The molecule has 1 fully saturated rings. The molecule has 14 heavy (non-hydrogen) atoms. The molecule has 1 heterocycles. The summed E-state index contributed by atoms with van der Waals surface area (Å²) in [6.07, 6.45) is 0. The molecule has 0 saturated carbocycles. The number of piperazine rings is 1. The van der Waals surface area contributed by atoms with Gasteiger partial charge in [0, 0.05) is 32.2 Å². The molecule has 1 aliphatic heterocycles. The van der Waals surface area contributed by atoms with Gasteiger partial charge in [0.1, 0.15) is 0 Å². The summed E-state index contributed by atoms with van der Waals surface area (Å²) >= 11 is 0. The second kappa shape index (κ2) is 4.64. The Hall–Kier alpha value is -0.770. The van der Waals surface area contributed by atoms with Crippen LogP contribution in [0.1, 0.15) is 20.8 Å². The first kappa shape index (κ1) is 11.3. The highest BCUT2D eigenvalue weighted by Crippen LogP contribution is 2.10. The zero-order valence-corrected chi connectivity index (χ0v) is 9.36. The highest BCUT2D eigenvalue weighted by Gasteiger charge is 2.25. The van der Waals surface area contributed by atoms with Gasteiger partial charge in [0.05, 0.1) is 0 Å². The van der Waals surface area contributed by atoms with E-state index < -0.39 is 0 Å². The molecular weight excluding hydrogens is 178 g/mol. The average Bonchev–Trinajstić information content (AvgIpc) is 2.01. The van der Waals surface area contributed by atoms with Gasteiger partial charge >= 0.3 is 6.03 Å². The predicted molar refractivity (Wildman–Crippen MR) is 57.0 cm³/mol. The molecule has 4 heteroatoms. The number of carbonyl (C=O) groups excluding carboxylic acids is 1. The number of amides is 2. The van der Waals surface area contributed by atoms with Crippen molar-refractivity contribution in [3.8, 4) is 0 Å². The largest absolute Gasteiger partial charge is 0.351 e. The van der Waals surface area contributed by atoms with Gasteiger partial charge in [0.2, 0.25) is 0 Å². The van der Waals surface area contributed by atoms with Crippen molar-refractivity contribution in [1.82, 2.24) is 9.80 Å². The van der Waals surface area contributed by atoms with E-state index in [1.54, 1.807) is 4.90 Å². The smallest absolute Gasteiger partial charge is 0.315 e. The van der Waals surface area contributed by atoms with Crippen molar-refractivity contribution >= 4 is 6.03 Å². The monoisotopic (exact) mass is 199 g/mol. The van der Waals surface area contributed by atoms with E-state index in [4.69, 9.17) is 5.73 Å². The minimum absolute atomic E-state index is 0.250. The maximum Gasteiger partial charge on any atom is 0.315 e. The summed E-state index contributed by atoms with van der Waals surface area (Å²) in [7, 11) is 0. The Bertz CT molecular complexity index is 206. The molecule has 2 N–H and O–H groups in total. The van der Waals surface area contributed by atoms with Gasteiger partial charge in [-0.1, -0.05) is 13.8 Å². The summed E-state index contributed by atoms with van der Waals surface area (Å²) in [5.41, 5.74) is 5.27. The molecule has 0 aromatic rings. The second-order valence-electron chi connectivity index (χ2n) is 4.53. The van der Waals surface area contributed by atoms with Crippen LogP contribution in [-0.2, 0) is 0 Å². The van der Waals surface area contributed by atoms with Crippen LogP contribution in [0.3, 0.4) is 0 Å². The third kappa shape index (κ3) is 2.87. The fraction of sp³-hybridized carbons (Fsp3) is 0.900. The lowest BCUT2D eigenvalue weighted by molar-refractivity contribution is 0.0987. The Morgan fingerprint density at radius 2 is 2.14 bits per heavy atom. The molecule has 0 radical (unpaired) electrons. The number of nitrogens with zero attached hydrogens (tertiary/aromatic N) is 2. The molecule has 2 amide bonds. The number of carbonyl (C=O) groups is 1. The van der Waals surface area contributed by atoms with Crippen LogP contribution in [0.25, 0.3) is 0 Å². The van der Waals surface area contributed by atoms with Crippen molar-refractivity contribution in [2.75, 3.05) is 26.2 Å². The third-order valence-corrected chi connectivity index (χ3v) is 2.62. The SMILES string of the molecule is CC(C)CN1CCN(C(N)=O)[C@H](C)C1. The van der Waals surface area contributed by atoms with E-state index in [2.05, 4.69) is 25.7 Å². The molecule has 0 bridgehead atoms. The fourth-order valence-corrected chi connectivity index (χ4v) is 2.04. The Kier molecular flexibility index (Phi) is 3.75. The molecule has 0 aromatic carbocycles. The first-order chi connectivity index (χ1) is 6.50. The highest BCUT2D eigenvalue weighted by molar-refractivity contribution is 5.72. The van der Waals surface area contributed by atoms with Crippen LogP contribution in [0.4, 0.5) is 4.79 Å². The number of rotatable bonds is 2. The minimum Gasteiger partial charge on any atom is -0.351 e. The topological polar surface area (TPSA) is 49.6 Å². The van der Waals surface area contributed by atoms with Crippen LogP contribution in [0.2, 0.25) is 0 Å². The lowest BCUT2D eigenvalue weighted by Crippen LogP contribution is -2.55. The second-order valence-corrected chi connectivity index (χ2v) is 4.53. The van der Waals surface area contributed by atoms with Crippen LogP contribution < -0.4 is 5.73 Å². The quantitative estimate of drug-likeness (QED) is 0.712. The molecule has 0 unspecified atom stereocenters. The molecular formula is C10H21N3O. The third-order valence-electron chi connectivity index (χ3n) is 2.62. The minimum atomic E-state index is -0.290. The average molecular weight is 199 g/mol. The van der Waals surface area contributed by atoms with Crippen molar-refractivity contribution < 1.29 is 4.79 Å². The number of hydrogen-bond acceptors (Lipinski definition) is 2. The number of urea groups is 1. The summed E-state index contributed by atoms with van der Waals surface area (Å²) in [6.45, 7) is 10.3. The van der Waals surface area contributed by atoms with Crippen LogP contribution in [-0.4, -0.2) is 48.1 Å². The fourth-order valence-electron chi connectivity index (χ4n) is 2.04. The molecule has 82 valence electrons. The van der Waals surface area contributed by atoms with Crippen LogP contribution >= 0.6 is 0 Å². The normalized spacial score (nSPS) is 24.3. The van der Waals surface area contributed by atoms with Gasteiger partial charge in [-0.3, -0.25) is 4.90 Å². The van der Waals surface area contributed by atoms with E-state index in [1.807, 2.05) is 0 Å². The summed E-state index contributed by atoms with van der Waals surface area (Å²) in [5, 5.41) is 0. The summed E-state index contributed by atoms with van der Waals surface area (Å²) in [5.74, 6) is 0.683. The van der Waals surface area contributed by atoms with E-state index >= 15 is 0 Å². The standard InChI is InChI=1S/C10H21N3O/c1-8(2)6-12-4-5-13(10(11)14)9(3)7-12/h8-9H,4-7H2,1-3H3,(H2,11,14)/t9-/m1/s1. The van der Waals surface area contributed by atoms with Gasteiger partial charge in [0.15, 0.2) is 0 Å². The molecule has 0 aromatic heterocycles. The van der Waals surface area contributed by atoms with Crippen molar-refractivity contribution in [1.29, 1.82) is 0 Å². The molecule has 0 aliphatic carbocycles. The maximum atomic E-state index is 11.0.